The zero-order valence-corrected chi connectivity index (χ0v) is 17.5. The molecular weight excluding hydrogens is 460 g/mol. The van der Waals surface area contributed by atoms with E-state index in [1.165, 1.54) is 30.0 Å². The number of anilines is 1. The van der Waals surface area contributed by atoms with Gasteiger partial charge in [0.1, 0.15) is 17.4 Å². The Morgan fingerprint density at radius 1 is 1.24 bits per heavy atom. The van der Waals surface area contributed by atoms with Gasteiger partial charge in [-0.25, -0.2) is 0 Å². The molecular formula is C20H14BrN2O5S-. The summed E-state index contributed by atoms with van der Waals surface area (Å²) in [6, 6.07) is 13.2. The molecule has 0 spiro atoms. The number of hydrogen-bond donors (Lipinski definition) is 1. The Morgan fingerprint density at radius 3 is 2.55 bits per heavy atom. The van der Waals surface area contributed by atoms with Gasteiger partial charge in [-0.3, -0.25) is 19.8 Å². The van der Waals surface area contributed by atoms with Gasteiger partial charge in [0.25, 0.3) is 11.8 Å². The van der Waals surface area contributed by atoms with Crippen molar-refractivity contribution < 1.29 is 24.2 Å². The summed E-state index contributed by atoms with van der Waals surface area (Å²) < 4.78 is 5.96. The van der Waals surface area contributed by atoms with Gasteiger partial charge in [-0.05, 0) is 61.1 Å². The summed E-state index contributed by atoms with van der Waals surface area (Å²) in [4.78, 5) is 37.3. The molecule has 1 saturated heterocycles. The number of carbonyl (C=O) groups is 3. The smallest absolute Gasteiger partial charge is 0.270 e. The predicted molar refractivity (Wildman–Crippen MR) is 112 cm³/mol. The maximum Gasteiger partial charge on any atom is 0.270 e. The average molecular weight is 474 g/mol. The molecule has 7 nitrogen and oxygen atoms in total. The molecule has 1 N–H and O–H groups in total. The summed E-state index contributed by atoms with van der Waals surface area (Å²) in [5.41, 5.74) is 0.981. The molecule has 1 fully saturated rings. The van der Waals surface area contributed by atoms with Gasteiger partial charge >= 0.3 is 0 Å². The van der Waals surface area contributed by atoms with E-state index in [1.807, 2.05) is 0 Å². The van der Waals surface area contributed by atoms with Crippen LogP contribution < -0.4 is 20.1 Å². The first-order valence-electron chi connectivity index (χ1n) is 8.41. The molecule has 2 aromatic carbocycles. The van der Waals surface area contributed by atoms with Crippen molar-refractivity contribution >= 4 is 62.8 Å². The van der Waals surface area contributed by atoms with Crippen molar-refractivity contribution in [1.82, 2.24) is 5.32 Å². The number of amides is 2. The number of ether oxygens (including phenoxy) is 1. The summed E-state index contributed by atoms with van der Waals surface area (Å²) in [5, 5.41) is 13.3. The zero-order chi connectivity index (χ0) is 21.1. The van der Waals surface area contributed by atoms with Gasteiger partial charge in [0, 0.05) is 4.47 Å². The molecule has 1 heterocycles. The third kappa shape index (κ3) is 4.69. The number of carboxylic acids is 1. The average Bonchev–Trinajstić information content (AvgIpc) is 2.66. The van der Waals surface area contributed by atoms with Crippen LogP contribution in [-0.4, -0.2) is 29.0 Å². The second-order valence-corrected chi connectivity index (χ2v) is 7.39. The van der Waals surface area contributed by atoms with Crippen molar-refractivity contribution in [3.63, 3.8) is 0 Å². The highest BCUT2D eigenvalue weighted by Gasteiger charge is 2.34. The second kappa shape index (κ2) is 8.54. The van der Waals surface area contributed by atoms with Crippen LogP contribution in [0.2, 0.25) is 0 Å². The van der Waals surface area contributed by atoms with Crippen LogP contribution in [-0.2, 0) is 14.4 Å². The predicted octanol–water partition coefficient (Wildman–Crippen LogP) is 1.80. The van der Waals surface area contributed by atoms with Crippen molar-refractivity contribution in [1.29, 1.82) is 0 Å². The highest BCUT2D eigenvalue weighted by Crippen LogP contribution is 2.25. The summed E-state index contributed by atoms with van der Waals surface area (Å²) >= 11 is 8.51. The molecule has 0 aromatic heterocycles. The molecule has 3 rings (SSSR count). The lowest BCUT2D eigenvalue weighted by Gasteiger charge is -2.29. The number of benzene rings is 2. The van der Waals surface area contributed by atoms with Crippen molar-refractivity contribution in [2.45, 2.75) is 13.0 Å². The van der Waals surface area contributed by atoms with Crippen molar-refractivity contribution in [3.8, 4) is 5.75 Å². The van der Waals surface area contributed by atoms with Gasteiger partial charge in [0.05, 0.1) is 11.7 Å². The molecule has 2 amide bonds. The fourth-order valence-electron chi connectivity index (χ4n) is 2.57. The molecule has 29 heavy (non-hydrogen) atoms. The Hall–Kier alpha value is -3.04. The maximum absolute atomic E-state index is 12.9. The minimum Gasteiger partial charge on any atom is -0.546 e. The third-order valence-corrected chi connectivity index (χ3v) is 4.78. The zero-order valence-electron chi connectivity index (χ0n) is 15.0. The summed E-state index contributed by atoms with van der Waals surface area (Å²) in [6.07, 6.45) is 0.320. The second-order valence-electron chi connectivity index (χ2n) is 6.09. The number of rotatable bonds is 5. The van der Waals surface area contributed by atoms with Crippen LogP contribution in [0.3, 0.4) is 0 Å². The third-order valence-electron chi connectivity index (χ3n) is 4.00. The van der Waals surface area contributed by atoms with Gasteiger partial charge in [-0.1, -0.05) is 34.1 Å². The lowest BCUT2D eigenvalue weighted by Crippen LogP contribution is -2.54. The Labute approximate surface area is 180 Å². The number of thiocarbonyl (C=S) groups is 1. The highest BCUT2D eigenvalue weighted by atomic mass is 79.9. The van der Waals surface area contributed by atoms with Crippen LogP contribution in [0.4, 0.5) is 5.69 Å². The van der Waals surface area contributed by atoms with Gasteiger partial charge in [-0.15, -0.1) is 0 Å². The van der Waals surface area contributed by atoms with Crippen molar-refractivity contribution in [3.05, 3.63) is 64.1 Å². The standard InChI is InChI=1S/C20H15BrN2O5S/c1-11(19(26)27)28-15-7-5-12(6-8-15)9-16-17(24)22-20(29)23(18(16)25)14-4-2-3-13(21)10-14/h2-11H,1H3,(H,26,27)(H,22,24,29)/p-1/b16-9+/t11-/m1/s1. The Morgan fingerprint density at radius 2 is 1.93 bits per heavy atom. The Kier molecular flexibility index (Phi) is 6.09. The fourth-order valence-corrected chi connectivity index (χ4v) is 3.24. The molecule has 0 aliphatic carbocycles. The number of carboxylic acid groups (broad SMARTS) is 1. The van der Waals surface area contributed by atoms with Crippen LogP contribution in [0.5, 0.6) is 5.75 Å². The van der Waals surface area contributed by atoms with E-state index in [1.54, 1.807) is 36.4 Å². The molecule has 148 valence electrons. The van der Waals surface area contributed by atoms with Gasteiger partial charge in [0.2, 0.25) is 0 Å². The summed E-state index contributed by atoms with van der Waals surface area (Å²) in [5.74, 6) is -2.16. The van der Waals surface area contributed by atoms with Crippen LogP contribution >= 0.6 is 28.1 Å². The fraction of sp³-hybridized carbons (Fsp3) is 0.100. The molecule has 2 aromatic rings. The van der Waals surface area contributed by atoms with Gasteiger partial charge in [-0.2, -0.15) is 0 Å². The SMILES string of the molecule is C[C@@H](Oc1ccc(/C=C2\C(=O)NC(=S)N(c3cccc(Br)c3)C2=O)cc1)C(=O)[O-]. The maximum atomic E-state index is 12.9. The minimum absolute atomic E-state index is 0.00438. The first-order valence-corrected chi connectivity index (χ1v) is 9.61. The number of nitrogens with zero attached hydrogens (tertiary/aromatic N) is 1. The molecule has 0 bridgehead atoms. The Balaban J connectivity index is 1.87. The van der Waals surface area contributed by atoms with Crippen LogP contribution in [0, 0.1) is 0 Å². The number of nitrogens with one attached hydrogen (secondary N) is 1. The summed E-state index contributed by atoms with van der Waals surface area (Å²) in [6.45, 7) is 1.36. The quantitative estimate of drug-likeness (QED) is 0.403. The number of halogens is 1. The van der Waals surface area contributed by atoms with Gasteiger partial charge in [0.15, 0.2) is 5.11 Å². The summed E-state index contributed by atoms with van der Waals surface area (Å²) in [7, 11) is 0. The lowest BCUT2D eigenvalue weighted by molar-refractivity contribution is -0.312. The molecule has 1 aliphatic heterocycles. The molecule has 1 atom stereocenters. The van der Waals surface area contributed by atoms with E-state index in [2.05, 4.69) is 21.2 Å². The molecule has 0 radical (unpaired) electrons. The number of hydrogen-bond acceptors (Lipinski definition) is 6. The monoisotopic (exact) mass is 473 g/mol. The number of aliphatic carboxylic acids is 1. The molecule has 9 heteroatoms. The topological polar surface area (TPSA) is 98.8 Å². The molecule has 1 aliphatic rings. The van der Waals surface area contributed by atoms with Crippen molar-refractivity contribution in [2.24, 2.45) is 0 Å². The normalized spacial score (nSPS) is 16.6. The highest BCUT2D eigenvalue weighted by molar-refractivity contribution is 9.10. The van der Waals surface area contributed by atoms with E-state index in [9.17, 15) is 19.5 Å². The van der Waals surface area contributed by atoms with E-state index in [-0.39, 0.29) is 10.7 Å². The van der Waals surface area contributed by atoms with E-state index < -0.39 is 23.9 Å². The molecule has 0 unspecified atom stereocenters. The van der Waals surface area contributed by atoms with E-state index in [0.29, 0.717) is 17.0 Å². The van der Waals surface area contributed by atoms with E-state index >= 15 is 0 Å². The van der Waals surface area contributed by atoms with Crippen LogP contribution in [0.25, 0.3) is 6.08 Å². The van der Waals surface area contributed by atoms with Crippen LogP contribution in [0.15, 0.2) is 58.6 Å². The van der Waals surface area contributed by atoms with Crippen molar-refractivity contribution in [2.75, 3.05) is 4.90 Å². The lowest BCUT2D eigenvalue weighted by atomic mass is 10.1. The van der Waals surface area contributed by atoms with Gasteiger partial charge < -0.3 is 14.6 Å². The first-order chi connectivity index (χ1) is 13.8. The number of carbonyl (C=O) groups excluding carboxylic acids is 3. The minimum atomic E-state index is -1.33. The van der Waals surface area contributed by atoms with E-state index in [4.69, 9.17) is 17.0 Å². The Bertz CT molecular complexity index is 1040. The largest absolute Gasteiger partial charge is 0.546 e. The van der Waals surface area contributed by atoms with Crippen LogP contribution in [0.1, 0.15) is 12.5 Å². The van der Waals surface area contributed by atoms with E-state index in [0.717, 1.165) is 4.47 Å². The first kappa shape index (κ1) is 20.7. The molecule has 0 saturated carbocycles.